The van der Waals surface area contributed by atoms with Gasteiger partial charge < -0.3 is 14.8 Å². The monoisotopic (exact) mass is 306 g/mol. The van der Waals surface area contributed by atoms with E-state index in [1.54, 1.807) is 19.1 Å². The summed E-state index contributed by atoms with van der Waals surface area (Å²) in [4.78, 5) is 28.1. The van der Waals surface area contributed by atoms with Crippen molar-refractivity contribution in [1.29, 1.82) is 0 Å². The summed E-state index contributed by atoms with van der Waals surface area (Å²) in [5.41, 5.74) is 0.210. The molecule has 6 nitrogen and oxygen atoms in total. The normalized spacial score (nSPS) is 11.9. The van der Waals surface area contributed by atoms with Crippen molar-refractivity contribution in [2.75, 3.05) is 0 Å². The molecule has 0 fully saturated rings. The summed E-state index contributed by atoms with van der Waals surface area (Å²) in [6.07, 6.45) is 3.12. The first-order chi connectivity index (χ1) is 10.0. The Morgan fingerprint density at radius 3 is 2.95 bits per heavy atom. The number of hydrogen-bond acceptors (Lipinski definition) is 5. The molecule has 2 N–H and O–H groups in total. The topological polar surface area (TPSA) is 92.4 Å². The van der Waals surface area contributed by atoms with Gasteiger partial charge in [0.05, 0.1) is 6.26 Å². The van der Waals surface area contributed by atoms with E-state index in [1.807, 2.05) is 0 Å². The molecule has 2 heterocycles. The zero-order valence-corrected chi connectivity index (χ0v) is 12.1. The molecule has 2 aromatic heterocycles. The van der Waals surface area contributed by atoms with Crippen molar-refractivity contribution in [2.45, 2.75) is 19.4 Å². The summed E-state index contributed by atoms with van der Waals surface area (Å²) in [5.74, 6) is -1.05. The number of carboxylic acids is 1. The molecule has 0 radical (unpaired) electrons. The maximum absolute atomic E-state index is 12.1. The number of furan rings is 1. The van der Waals surface area contributed by atoms with Gasteiger partial charge in [-0.3, -0.25) is 4.79 Å². The molecular formula is C14H14N2O4S. The van der Waals surface area contributed by atoms with E-state index in [0.29, 0.717) is 15.6 Å². The minimum atomic E-state index is -1.11. The van der Waals surface area contributed by atoms with Gasteiger partial charge in [0.25, 0.3) is 5.91 Å². The molecule has 0 aliphatic rings. The van der Waals surface area contributed by atoms with Crippen LogP contribution in [0.3, 0.4) is 0 Å². The molecule has 7 heteroatoms. The highest BCUT2D eigenvalue weighted by molar-refractivity contribution is 7.15. The molecule has 1 amide bonds. The second kappa shape index (κ2) is 6.36. The maximum Gasteiger partial charge on any atom is 0.326 e. The zero-order valence-electron chi connectivity index (χ0n) is 11.3. The molecule has 0 spiro atoms. The first-order valence-electron chi connectivity index (χ1n) is 6.18. The molecule has 1 unspecified atom stereocenters. The van der Waals surface area contributed by atoms with Crippen LogP contribution in [0.5, 0.6) is 0 Å². The number of aryl methyl sites for hydroxylation is 1. The van der Waals surface area contributed by atoms with E-state index < -0.39 is 17.9 Å². The van der Waals surface area contributed by atoms with E-state index in [0.717, 1.165) is 0 Å². The maximum atomic E-state index is 12.1. The van der Waals surface area contributed by atoms with Crippen LogP contribution in [0.25, 0.3) is 10.8 Å². The fraction of sp³-hybridized carbons (Fsp3) is 0.214. The van der Waals surface area contributed by atoms with E-state index in [-0.39, 0.29) is 12.1 Å². The number of aliphatic carboxylic acids is 1. The number of carboxylic acid groups (broad SMARTS) is 1. The number of hydrogen-bond donors (Lipinski definition) is 2. The number of thiazole rings is 1. The highest BCUT2D eigenvalue weighted by atomic mass is 32.1. The largest absolute Gasteiger partial charge is 0.480 e. The summed E-state index contributed by atoms with van der Waals surface area (Å²) in [6, 6.07) is 2.47. The first-order valence-corrected chi connectivity index (χ1v) is 7.00. The van der Waals surface area contributed by atoms with Crippen LogP contribution in [-0.2, 0) is 4.79 Å². The van der Waals surface area contributed by atoms with Gasteiger partial charge in [0.15, 0.2) is 10.8 Å². The Morgan fingerprint density at radius 2 is 2.38 bits per heavy atom. The van der Waals surface area contributed by atoms with Crippen LogP contribution in [0.15, 0.2) is 35.5 Å². The standard InChI is InChI=1S/C14H14N2O4S/c1-3-5-9(14(18)19)15-12(17)11-8(2)21-13(16-11)10-6-4-7-20-10/h3-4,6-7,9H,1,5H2,2H3,(H,15,17)(H,18,19). The van der Waals surface area contributed by atoms with Gasteiger partial charge in [-0.05, 0) is 25.5 Å². The molecule has 0 aromatic carbocycles. The Kier molecular flexibility index (Phi) is 4.54. The average Bonchev–Trinajstić information content (AvgIpc) is 3.06. The van der Waals surface area contributed by atoms with Crippen molar-refractivity contribution in [3.8, 4) is 10.8 Å². The van der Waals surface area contributed by atoms with Crippen molar-refractivity contribution in [3.63, 3.8) is 0 Å². The van der Waals surface area contributed by atoms with E-state index in [4.69, 9.17) is 9.52 Å². The number of nitrogens with zero attached hydrogens (tertiary/aromatic N) is 1. The molecule has 0 aliphatic heterocycles. The van der Waals surface area contributed by atoms with Crippen LogP contribution < -0.4 is 5.32 Å². The molecular weight excluding hydrogens is 292 g/mol. The van der Waals surface area contributed by atoms with E-state index in [2.05, 4.69) is 16.9 Å². The lowest BCUT2D eigenvalue weighted by atomic mass is 10.2. The third kappa shape index (κ3) is 3.38. The van der Waals surface area contributed by atoms with E-state index in [9.17, 15) is 9.59 Å². The van der Waals surface area contributed by atoms with Gasteiger partial charge >= 0.3 is 5.97 Å². The average molecular weight is 306 g/mol. The summed E-state index contributed by atoms with van der Waals surface area (Å²) in [6.45, 7) is 5.23. The Labute approximate surface area is 125 Å². The van der Waals surface area contributed by atoms with Crippen molar-refractivity contribution >= 4 is 23.2 Å². The second-order valence-corrected chi connectivity index (χ2v) is 5.49. The number of carbonyl (C=O) groups excluding carboxylic acids is 1. The van der Waals surface area contributed by atoms with Crippen LogP contribution >= 0.6 is 11.3 Å². The minimum Gasteiger partial charge on any atom is -0.480 e. The molecule has 21 heavy (non-hydrogen) atoms. The number of rotatable bonds is 6. The van der Waals surface area contributed by atoms with Crippen LogP contribution in [0, 0.1) is 6.92 Å². The predicted octanol–water partition coefficient (Wildman–Crippen LogP) is 2.47. The van der Waals surface area contributed by atoms with Crippen LogP contribution in [0.4, 0.5) is 0 Å². The van der Waals surface area contributed by atoms with Gasteiger partial charge in [0.1, 0.15) is 11.7 Å². The summed E-state index contributed by atoms with van der Waals surface area (Å²) in [5, 5.41) is 12.0. The third-order valence-electron chi connectivity index (χ3n) is 2.75. The van der Waals surface area contributed by atoms with Gasteiger partial charge in [-0.15, -0.1) is 17.9 Å². The van der Waals surface area contributed by atoms with Gasteiger partial charge in [-0.25, -0.2) is 9.78 Å². The zero-order chi connectivity index (χ0) is 15.4. The van der Waals surface area contributed by atoms with Crippen LogP contribution in [0.2, 0.25) is 0 Å². The highest BCUT2D eigenvalue weighted by Crippen LogP contribution is 2.27. The fourth-order valence-electron chi connectivity index (χ4n) is 1.73. The van der Waals surface area contributed by atoms with Crippen molar-refractivity contribution < 1.29 is 19.1 Å². The lowest BCUT2D eigenvalue weighted by molar-refractivity contribution is -0.139. The SMILES string of the molecule is C=CCC(NC(=O)c1nc(-c2ccco2)sc1C)C(=O)O. The molecule has 1 atom stereocenters. The van der Waals surface area contributed by atoms with Crippen molar-refractivity contribution in [3.05, 3.63) is 41.6 Å². The first kappa shape index (κ1) is 15.0. The Hall–Kier alpha value is -2.41. The van der Waals surface area contributed by atoms with E-state index >= 15 is 0 Å². The Morgan fingerprint density at radius 1 is 1.62 bits per heavy atom. The van der Waals surface area contributed by atoms with Gasteiger partial charge in [0, 0.05) is 4.88 Å². The van der Waals surface area contributed by atoms with E-state index in [1.165, 1.54) is 23.7 Å². The number of nitrogens with one attached hydrogen (secondary N) is 1. The lowest BCUT2D eigenvalue weighted by Gasteiger charge is -2.11. The van der Waals surface area contributed by atoms with Crippen LogP contribution in [-0.4, -0.2) is 28.0 Å². The molecule has 110 valence electrons. The van der Waals surface area contributed by atoms with Gasteiger partial charge in [0.2, 0.25) is 0 Å². The highest BCUT2D eigenvalue weighted by Gasteiger charge is 2.23. The Balaban J connectivity index is 2.19. The quantitative estimate of drug-likeness (QED) is 0.800. The second-order valence-electron chi connectivity index (χ2n) is 4.29. The smallest absolute Gasteiger partial charge is 0.326 e. The molecule has 0 saturated carbocycles. The number of carbonyl (C=O) groups is 2. The minimum absolute atomic E-state index is 0.148. The fourth-order valence-corrected chi connectivity index (χ4v) is 2.61. The number of aromatic nitrogens is 1. The number of amides is 1. The van der Waals surface area contributed by atoms with Crippen molar-refractivity contribution in [2.24, 2.45) is 0 Å². The summed E-state index contributed by atoms with van der Waals surface area (Å²) in [7, 11) is 0. The molecule has 0 aliphatic carbocycles. The van der Waals surface area contributed by atoms with Gasteiger partial charge in [-0.2, -0.15) is 0 Å². The molecule has 0 saturated heterocycles. The Bertz CT molecular complexity index is 661. The molecule has 2 rings (SSSR count). The lowest BCUT2D eigenvalue weighted by Crippen LogP contribution is -2.40. The van der Waals surface area contributed by atoms with Gasteiger partial charge in [-0.1, -0.05) is 6.08 Å². The summed E-state index contributed by atoms with van der Waals surface area (Å²) >= 11 is 1.32. The summed E-state index contributed by atoms with van der Waals surface area (Å²) < 4.78 is 5.23. The predicted molar refractivity (Wildman–Crippen MR) is 78.3 cm³/mol. The van der Waals surface area contributed by atoms with Crippen molar-refractivity contribution in [1.82, 2.24) is 10.3 Å². The third-order valence-corrected chi connectivity index (χ3v) is 3.73. The van der Waals surface area contributed by atoms with Crippen LogP contribution in [0.1, 0.15) is 21.8 Å². The molecule has 0 bridgehead atoms. The molecule has 2 aromatic rings.